The standard InChI is InChI=1S/C21H16F3N3O5/c22-11-3-1-10(2-4-11)18(28)14-9-13(20(29)27-19(14)25)17-15(23)7-12(8-16(17)24)32-6-5-26-21(30)31/h1-4,7-9,26H,5-6H2,(H,30,31)(H3,25,27,29). The van der Waals surface area contributed by atoms with Gasteiger partial charge in [-0.25, -0.2) is 18.0 Å². The molecule has 11 heteroatoms. The smallest absolute Gasteiger partial charge is 0.404 e. The molecule has 32 heavy (non-hydrogen) atoms. The minimum Gasteiger partial charge on any atom is -0.492 e. The van der Waals surface area contributed by atoms with Crippen LogP contribution >= 0.6 is 0 Å². The molecule has 166 valence electrons. The van der Waals surface area contributed by atoms with E-state index in [0.29, 0.717) is 0 Å². The van der Waals surface area contributed by atoms with Gasteiger partial charge in [0, 0.05) is 17.7 Å². The first kappa shape index (κ1) is 22.4. The summed E-state index contributed by atoms with van der Waals surface area (Å²) in [5.41, 5.74) is 3.41. The van der Waals surface area contributed by atoms with Crippen molar-refractivity contribution < 1.29 is 32.6 Å². The molecule has 0 unspecified atom stereocenters. The Morgan fingerprint density at radius 2 is 1.69 bits per heavy atom. The van der Waals surface area contributed by atoms with E-state index in [1.807, 2.05) is 5.32 Å². The highest BCUT2D eigenvalue weighted by molar-refractivity contribution is 6.12. The Morgan fingerprint density at radius 1 is 1.06 bits per heavy atom. The van der Waals surface area contributed by atoms with Gasteiger partial charge in [0.15, 0.2) is 5.78 Å². The van der Waals surface area contributed by atoms with E-state index in [1.165, 1.54) is 12.1 Å². The minimum atomic E-state index is -1.28. The maximum atomic E-state index is 14.7. The molecular formula is C21H16F3N3O5. The van der Waals surface area contributed by atoms with Crippen molar-refractivity contribution in [3.8, 4) is 16.9 Å². The average Bonchev–Trinajstić information content (AvgIpc) is 2.72. The third-order valence-electron chi connectivity index (χ3n) is 4.35. The number of pyridine rings is 1. The number of nitrogens with two attached hydrogens (primary N) is 1. The van der Waals surface area contributed by atoms with Crippen LogP contribution in [0.1, 0.15) is 15.9 Å². The van der Waals surface area contributed by atoms with Crippen LogP contribution in [0.2, 0.25) is 0 Å². The molecule has 5 N–H and O–H groups in total. The maximum Gasteiger partial charge on any atom is 0.404 e. The number of anilines is 1. The summed E-state index contributed by atoms with van der Waals surface area (Å²) in [5, 5.41) is 10.5. The number of aromatic amines is 1. The fraction of sp³-hybridized carbons (Fsp3) is 0.0952. The van der Waals surface area contributed by atoms with E-state index < -0.39 is 46.0 Å². The summed E-state index contributed by atoms with van der Waals surface area (Å²) in [4.78, 5) is 37.6. The van der Waals surface area contributed by atoms with E-state index in [-0.39, 0.29) is 35.8 Å². The van der Waals surface area contributed by atoms with Gasteiger partial charge in [0.05, 0.1) is 23.2 Å². The normalized spacial score (nSPS) is 10.6. The van der Waals surface area contributed by atoms with Crippen LogP contribution < -0.4 is 21.3 Å². The van der Waals surface area contributed by atoms with Gasteiger partial charge in [0.25, 0.3) is 5.56 Å². The summed E-state index contributed by atoms with van der Waals surface area (Å²) in [6, 6.07) is 7.11. The van der Waals surface area contributed by atoms with Crippen molar-refractivity contribution in [2.45, 2.75) is 0 Å². The molecule has 0 saturated heterocycles. The number of hydrogen-bond donors (Lipinski definition) is 4. The maximum absolute atomic E-state index is 14.7. The summed E-state index contributed by atoms with van der Waals surface area (Å²) in [7, 11) is 0. The largest absolute Gasteiger partial charge is 0.492 e. The SMILES string of the molecule is Nc1[nH]c(=O)c(-c2c(F)cc(OCCNC(=O)O)cc2F)cc1C(=O)c1ccc(F)cc1. The van der Waals surface area contributed by atoms with E-state index >= 15 is 0 Å². The van der Waals surface area contributed by atoms with Crippen molar-refractivity contribution in [2.24, 2.45) is 0 Å². The number of aromatic nitrogens is 1. The molecule has 1 heterocycles. The molecular weight excluding hydrogens is 431 g/mol. The van der Waals surface area contributed by atoms with Crippen molar-refractivity contribution in [1.82, 2.24) is 10.3 Å². The highest BCUT2D eigenvalue weighted by Gasteiger charge is 2.21. The molecule has 1 aromatic heterocycles. The van der Waals surface area contributed by atoms with Crippen molar-refractivity contribution >= 4 is 17.7 Å². The zero-order chi connectivity index (χ0) is 23.4. The van der Waals surface area contributed by atoms with Gasteiger partial charge in [-0.05, 0) is 30.3 Å². The lowest BCUT2D eigenvalue weighted by Gasteiger charge is -2.12. The van der Waals surface area contributed by atoms with Crippen molar-refractivity contribution in [3.05, 3.63) is 81.4 Å². The second-order valence-corrected chi connectivity index (χ2v) is 6.52. The third-order valence-corrected chi connectivity index (χ3v) is 4.35. The molecule has 3 aromatic rings. The van der Waals surface area contributed by atoms with Gasteiger partial charge in [-0.2, -0.15) is 0 Å². The van der Waals surface area contributed by atoms with Crippen molar-refractivity contribution in [1.29, 1.82) is 0 Å². The number of nitrogen functional groups attached to an aromatic ring is 1. The van der Waals surface area contributed by atoms with Crippen molar-refractivity contribution in [2.75, 3.05) is 18.9 Å². The molecule has 0 aliphatic rings. The highest BCUT2D eigenvalue weighted by atomic mass is 19.1. The summed E-state index contributed by atoms with van der Waals surface area (Å²) in [6.45, 7) is -0.309. The van der Waals surface area contributed by atoms with E-state index in [9.17, 15) is 27.6 Å². The number of rotatable bonds is 7. The number of ether oxygens (including phenoxy) is 1. The second-order valence-electron chi connectivity index (χ2n) is 6.52. The summed E-state index contributed by atoms with van der Waals surface area (Å²) >= 11 is 0. The third kappa shape index (κ3) is 4.89. The Balaban J connectivity index is 1.96. The van der Waals surface area contributed by atoms with Gasteiger partial charge in [-0.15, -0.1) is 0 Å². The number of nitrogens with one attached hydrogen (secondary N) is 2. The Kier molecular flexibility index (Phi) is 6.47. The van der Waals surface area contributed by atoms with Crippen LogP contribution in [0.3, 0.4) is 0 Å². The van der Waals surface area contributed by atoms with Gasteiger partial charge in [-0.1, -0.05) is 0 Å². The zero-order valence-corrected chi connectivity index (χ0v) is 16.2. The Hall–Kier alpha value is -4.28. The van der Waals surface area contributed by atoms with Gasteiger partial charge < -0.3 is 25.9 Å². The highest BCUT2D eigenvalue weighted by Crippen LogP contribution is 2.29. The topological polar surface area (TPSA) is 135 Å². The van der Waals surface area contributed by atoms with E-state index in [4.69, 9.17) is 15.6 Å². The number of halogens is 3. The molecule has 0 saturated carbocycles. The van der Waals surface area contributed by atoms with Gasteiger partial charge in [-0.3, -0.25) is 9.59 Å². The number of hydrogen-bond acceptors (Lipinski definition) is 5. The Morgan fingerprint density at radius 3 is 2.28 bits per heavy atom. The van der Waals surface area contributed by atoms with Crippen LogP contribution in [0.5, 0.6) is 5.75 Å². The summed E-state index contributed by atoms with van der Waals surface area (Å²) in [6.07, 6.45) is -1.28. The summed E-state index contributed by atoms with van der Waals surface area (Å²) in [5.74, 6) is -4.11. The van der Waals surface area contributed by atoms with Crippen LogP contribution in [0.15, 0.2) is 47.3 Å². The Labute approximate surface area is 178 Å². The Bertz CT molecular complexity index is 1220. The van der Waals surface area contributed by atoms with Crippen LogP contribution in [-0.2, 0) is 0 Å². The molecule has 0 radical (unpaired) electrons. The monoisotopic (exact) mass is 447 g/mol. The molecule has 0 aliphatic carbocycles. The molecule has 0 aliphatic heterocycles. The van der Waals surface area contributed by atoms with Gasteiger partial charge in [0.1, 0.15) is 35.6 Å². The minimum absolute atomic E-state index is 0.0516. The van der Waals surface area contributed by atoms with E-state index in [2.05, 4.69) is 4.98 Å². The van der Waals surface area contributed by atoms with Crippen LogP contribution in [-0.4, -0.2) is 35.1 Å². The van der Waals surface area contributed by atoms with E-state index in [0.717, 1.165) is 30.3 Å². The molecule has 1 amide bonds. The first-order valence-electron chi connectivity index (χ1n) is 9.09. The lowest BCUT2D eigenvalue weighted by Crippen LogP contribution is -2.26. The number of carbonyl (C=O) groups excluding carboxylic acids is 1. The quantitative estimate of drug-likeness (QED) is 0.325. The van der Waals surface area contributed by atoms with Gasteiger partial charge in [0.2, 0.25) is 0 Å². The molecule has 0 atom stereocenters. The molecule has 0 spiro atoms. The number of ketones is 1. The second kappa shape index (κ2) is 9.25. The number of carboxylic acid groups (broad SMARTS) is 1. The fourth-order valence-corrected chi connectivity index (χ4v) is 2.89. The lowest BCUT2D eigenvalue weighted by molar-refractivity contribution is 0.103. The number of amides is 1. The number of H-pyrrole nitrogens is 1. The van der Waals surface area contributed by atoms with Crippen LogP contribution in [0.25, 0.3) is 11.1 Å². The van der Waals surface area contributed by atoms with Crippen LogP contribution in [0.4, 0.5) is 23.8 Å². The molecule has 2 aromatic carbocycles. The molecule has 0 bridgehead atoms. The van der Waals surface area contributed by atoms with Crippen LogP contribution in [0, 0.1) is 17.5 Å². The van der Waals surface area contributed by atoms with E-state index in [1.54, 1.807) is 0 Å². The number of carbonyl (C=O) groups is 2. The van der Waals surface area contributed by atoms with Gasteiger partial charge >= 0.3 is 6.09 Å². The first-order chi connectivity index (χ1) is 15.2. The summed E-state index contributed by atoms with van der Waals surface area (Å²) < 4.78 is 47.6. The van der Waals surface area contributed by atoms with Crippen molar-refractivity contribution in [3.63, 3.8) is 0 Å². The first-order valence-corrected chi connectivity index (χ1v) is 9.09. The number of benzene rings is 2. The lowest BCUT2D eigenvalue weighted by atomic mass is 9.99. The average molecular weight is 447 g/mol. The molecule has 3 rings (SSSR count). The molecule has 0 fully saturated rings. The predicted octanol–water partition coefficient (Wildman–Crippen LogP) is 2.92. The predicted molar refractivity (Wildman–Crippen MR) is 108 cm³/mol. The molecule has 8 nitrogen and oxygen atoms in total. The fourth-order valence-electron chi connectivity index (χ4n) is 2.89. The zero-order valence-electron chi connectivity index (χ0n) is 16.2.